The lowest BCUT2D eigenvalue weighted by molar-refractivity contribution is 0.625. The molecule has 1 N–H and O–H groups in total. The Morgan fingerprint density at radius 2 is 1.92 bits per heavy atom. The van der Waals surface area contributed by atoms with E-state index in [0.717, 1.165) is 22.2 Å². The first-order valence-electron chi connectivity index (χ1n) is 7.91. The Morgan fingerprint density at radius 3 is 2.76 bits per heavy atom. The summed E-state index contributed by atoms with van der Waals surface area (Å²) in [6, 6.07) is 12.5. The lowest BCUT2D eigenvalue weighted by atomic mass is 10.1. The molecule has 0 fully saturated rings. The van der Waals surface area contributed by atoms with Crippen LogP contribution in [-0.4, -0.2) is 19.7 Å². The van der Waals surface area contributed by atoms with Gasteiger partial charge in [0.2, 0.25) is 0 Å². The van der Waals surface area contributed by atoms with Crippen molar-refractivity contribution in [1.29, 1.82) is 0 Å². The lowest BCUT2D eigenvalue weighted by Gasteiger charge is -2.10. The maximum Gasteiger partial charge on any atom is 0.168 e. The van der Waals surface area contributed by atoms with E-state index in [9.17, 15) is 4.39 Å². The summed E-state index contributed by atoms with van der Waals surface area (Å²) < 4.78 is 15.1. The summed E-state index contributed by atoms with van der Waals surface area (Å²) in [6.07, 6.45) is 3.17. The Bertz CT molecular complexity index is 1070. The summed E-state index contributed by atoms with van der Waals surface area (Å²) in [5.74, 6) is 0.352. The van der Waals surface area contributed by atoms with Gasteiger partial charge in [-0.25, -0.2) is 19.0 Å². The fourth-order valence-corrected chi connectivity index (χ4v) is 2.74. The first kappa shape index (κ1) is 15.3. The number of fused-ring (bicyclic) bond motifs is 1. The molecule has 0 aliphatic carbocycles. The van der Waals surface area contributed by atoms with Crippen LogP contribution >= 0.6 is 0 Å². The fraction of sp³-hybridized carbons (Fsp3) is 0.105. The minimum Gasteiger partial charge on any atom is -0.339 e. The number of aromatic nitrogens is 4. The maximum atomic E-state index is 13.5. The van der Waals surface area contributed by atoms with Crippen LogP contribution in [0.25, 0.3) is 16.7 Å². The van der Waals surface area contributed by atoms with Gasteiger partial charge < -0.3 is 5.32 Å². The Balaban J connectivity index is 1.80. The monoisotopic (exact) mass is 333 g/mol. The fourth-order valence-electron chi connectivity index (χ4n) is 2.74. The summed E-state index contributed by atoms with van der Waals surface area (Å²) in [4.78, 5) is 8.66. The first-order valence-corrected chi connectivity index (χ1v) is 7.91. The van der Waals surface area contributed by atoms with Crippen molar-refractivity contribution in [2.75, 3.05) is 5.32 Å². The standard InChI is InChI=1S/C19H16FN5/c1-12-6-7-13(2)17(8-12)24-18-16-10-23-25(19(16)22-11-21-18)15-5-3-4-14(20)9-15/h3-11H,1-2H3,(H,21,22,24). The van der Waals surface area contributed by atoms with E-state index in [0.29, 0.717) is 17.2 Å². The minimum atomic E-state index is -0.316. The van der Waals surface area contributed by atoms with Crippen LogP contribution in [0.1, 0.15) is 11.1 Å². The molecule has 0 spiro atoms. The number of nitrogens with zero attached hydrogens (tertiary/aromatic N) is 4. The summed E-state index contributed by atoms with van der Waals surface area (Å²) in [7, 11) is 0. The highest BCUT2D eigenvalue weighted by atomic mass is 19.1. The van der Waals surface area contributed by atoms with Gasteiger partial charge in [-0.3, -0.25) is 0 Å². The molecule has 0 unspecified atom stereocenters. The second-order valence-electron chi connectivity index (χ2n) is 5.94. The molecule has 0 aliphatic rings. The number of hydrogen-bond acceptors (Lipinski definition) is 4. The topological polar surface area (TPSA) is 55.6 Å². The zero-order valence-electron chi connectivity index (χ0n) is 13.9. The summed E-state index contributed by atoms with van der Waals surface area (Å²) in [5.41, 5.74) is 4.50. The molecule has 2 aromatic carbocycles. The maximum absolute atomic E-state index is 13.5. The molecule has 5 nitrogen and oxygen atoms in total. The molecule has 0 atom stereocenters. The summed E-state index contributed by atoms with van der Waals surface area (Å²) >= 11 is 0. The van der Waals surface area contributed by atoms with Gasteiger partial charge in [0.05, 0.1) is 17.3 Å². The van der Waals surface area contributed by atoms with Gasteiger partial charge in [0.25, 0.3) is 0 Å². The Hall–Kier alpha value is -3.28. The molecule has 0 bridgehead atoms. The van der Waals surface area contributed by atoms with E-state index in [2.05, 4.69) is 38.6 Å². The van der Waals surface area contributed by atoms with E-state index < -0.39 is 0 Å². The van der Waals surface area contributed by atoms with Gasteiger partial charge in [-0.05, 0) is 49.2 Å². The zero-order valence-corrected chi connectivity index (χ0v) is 13.9. The van der Waals surface area contributed by atoms with Crippen molar-refractivity contribution in [2.45, 2.75) is 13.8 Å². The van der Waals surface area contributed by atoms with Crippen molar-refractivity contribution < 1.29 is 4.39 Å². The molecule has 4 aromatic rings. The highest BCUT2D eigenvalue weighted by molar-refractivity contribution is 5.89. The predicted molar refractivity (Wildman–Crippen MR) is 95.8 cm³/mol. The molecule has 2 aromatic heterocycles. The van der Waals surface area contributed by atoms with E-state index in [1.165, 1.54) is 18.5 Å². The van der Waals surface area contributed by atoms with Crippen molar-refractivity contribution in [3.8, 4) is 5.69 Å². The Morgan fingerprint density at radius 1 is 1.04 bits per heavy atom. The van der Waals surface area contributed by atoms with E-state index in [1.54, 1.807) is 23.0 Å². The van der Waals surface area contributed by atoms with Crippen LogP contribution in [-0.2, 0) is 0 Å². The van der Waals surface area contributed by atoms with E-state index in [-0.39, 0.29) is 5.82 Å². The van der Waals surface area contributed by atoms with Crippen LogP contribution in [0.2, 0.25) is 0 Å². The number of aryl methyl sites for hydroxylation is 2. The number of halogens is 1. The van der Waals surface area contributed by atoms with Gasteiger partial charge >= 0.3 is 0 Å². The third-order valence-corrected chi connectivity index (χ3v) is 4.06. The second kappa shape index (κ2) is 5.98. The molecule has 0 aliphatic heterocycles. The van der Waals surface area contributed by atoms with Gasteiger partial charge in [0.1, 0.15) is 18.0 Å². The van der Waals surface area contributed by atoms with Crippen molar-refractivity contribution in [3.05, 3.63) is 71.9 Å². The first-order chi connectivity index (χ1) is 12.1. The molecule has 4 rings (SSSR count). The van der Waals surface area contributed by atoms with E-state index in [1.807, 2.05) is 13.8 Å². The molecule has 2 heterocycles. The molecular formula is C19H16FN5. The van der Waals surface area contributed by atoms with E-state index in [4.69, 9.17) is 0 Å². The van der Waals surface area contributed by atoms with Gasteiger partial charge in [-0.1, -0.05) is 18.2 Å². The Labute approximate surface area is 144 Å². The van der Waals surface area contributed by atoms with Crippen molar-refractivity contribution in [2.24, 2.45) is 0 Å². The van der Waals surface area contributed by atoms with Crippen LogP contribution in [0.3, 0.4) is 0 Å². The summed E-state index contributed by atoms with van der Waals surface area (Å²) in [6.45, 7) is 4.08. The van der Waals surface area contributed by atoms with Gasteiger partial charge in [-0.15, -0.1) is 0 Å². The van der Waals surface area contributed by atoms with Gasteiger partial charge in [-0.2, -0.15) is 5.10 Å². The highest BCUT2D eigenvalue weighted by Crippen LogP contribution is 2.26. The van der Waals surface area contributed by atoms with Crippen molar-refractivity contribution in [1.82, 2.24) is 19.7 Å². The molecular weight excluding hydrogens is 317 g/mol. The largest absolute Gasteiger partial charge is 0.339 e. The highest BCUT2D eigenvalue weighted by Gasteiger charge is 2.12. The number of nitrogens with one attached hydrogen (secondary N) is 1. The van der Waals surface area contributed by atoms with E-state index >= 15 is 0 Å². The van der Waals surface area contributed by atoms with Crippen LogP contribution in [0.15, 0.2) is 55.0 Å². The zero-order chi connectivity index (χ0) is 17.4. The average Bonchev–Trinajstić information content (AvgIpc) is 3.03. The summed E-state index contributed by atoms with van der Waals surface area (Å²) in [5, 5.41) is 8.48. The quantitative estimate of drug-likeness (QED) is 0.607. The number of rotatable bonds is 3. The minimum absolute atomic E-state index is 0.316. The molecule has 0 radical (unpaired) electrons. The third-order valence-electron chi connectivity index (χ3n) is 4.06. The Kier molecular flexibility index (Phi) is 3.65. The SMILES string of the molecule is Cc1ccc(C)c(Nc2ncnc3c2cnn3-c2cccc(F)c2)c1. The number of anilines is 2. The van der Waals surface area contributed by atoms with Crippen LogP contribution in [0, 0.1) is 19.7 Å². The smallest absolute Gasteiger partial charge is 0.168 e. The normalized spacial score (nSPS) is 11.0. The van der Waals surface area contributed by atoms with Crippen LogP contribution in [0.4, 0.5) is 15.9 Å². The van der Waals surface area contributed by atoms with Gasteiger partial charge in [0, 0.05) is 5.69 Å². The predicted octanol–water partition coefficient (Wildman–Crippen LogP) is 4.32. The molecule has 6 heteroatoms. The molecule has 0 saturated heterocycles. The number of hydrogen-bond donors (Lipinski definition) is 1. The van der Waals surface area contributed by atoms with Gasteiger partial charge in [0.15, 0.2) is 5.65 Å². The van der Waals surface area contributed by atoms with Crippen LogP contribution in [0.5, 0.6) is 0 Å². The lowest BCUT2D eigenvalue weighted by Crippen LogP contribution is -2.00. The molecule has 0 saturated carbocycles. The second-order valence-corrected chi connectivity index (χ2v) is 5.94. The molecule has 25 heavy (non-hydrogen) atoms. The molecule has 124 valence electrons. The van der Waals surface area contributed by atoms with Crippen molar-refractivity contribution in [3.63, 3.8) is 0 Å². The van der Waals surface area contributed by atoms with Crippen LogP contribution < -0.4 is 5.32 Å². The third kappa shape index (κ3) is 2.82. The average molecular weight is 333 g/mol. The number of benzene rings is 2. The molecule has 0 amide bonds. The van der Waals surface area contributed by atoms with Crippen molar-refractivity contribution >= 4 is 22.5 Å².